The van der Waals surface area contributed by atoms with Gasteiger partial charge in [-0.2, -0.15) is 0 Å². The van der Waals surface area contributed by atoms with E-state index in [0.717, 1.165) is 29.6 Å². The Morgan fingerprint density at radius 1 is 1.24 bits per heavy atom. The fourth-order valence-corrected chi connectivity index (χ4v) is 3.82. The Kier molecular flexibility index (Phi) is 3.01. The number of hydroxylamine groups is 2. The summed E-state index contributed by atoms with van der Waals surface area (Å²) in [7, 11) is 1.75. The summed E-state index contributed by atoms with van der Waals surface area (Å²) in [5.74, 6) is 0.992. The molecule has 1 aromatic carbocycles. The molecular weight excluding hydrogens is 264 g/mol. The van der Waals surface area contributed by atoms with Crippen molar-refractivity contribution in [1.82, 2.24) is 9.96 Å². The van der Waals surface area contributed by atoms with Gasteiger partial charge in [0, 0.05) is 11.4 Å². The van der Waals surface area contributed by atoms with Crippen LogP contribution < -0.4 is 10.4 Å². The Labute approximate surface area is 124 Å². The van der Waals surface area contributed by atoms with Crippen LogP contribution in [0.5, 0.6) is 0 Å². The minimum absolute atomic E-state index is 0.217. The fraction of sp³-hybridized carbons (Fsp3) is 0.412. The number of hydrogen-bond acceptors (Lipinski definition) is 4. The van der Waals surface area contributed by atoms with Crippen molar-refractivity contribution in [3.05, 3.63) is 46.0 Å². The van der Waals surface area contributed by atoms with Crippen LogP contribution in [0.25, 0.3) is 11.8 Å². The number of hydrogen-bond donors (Lipinski definition) is 1. The summed E-state index contributed by atoms with van der Waals surface area (Å²) in [6.07, 6.45) is 6.45. The standard InChI is InChI=1S/C17H20N2O2/c1-21-15-9-13-11-19(20)10-12-5-4-6-14(16(12)13)17(15)18-7-2-3-8-18/h4-6,9-10,17,20H,2-3,7-8,11H2,1H3. The van der Waals surface area contributed by atoms with Gasteiger partial charge >= 0.3 is 0 Å². The summed E-state index contributed by atoms with van der Waals surface area (Å²) in [5, 5.41) is 13.5. The lowest BCUT2D eigenvalue weighted by atomic mass is 9.90. The number of methoxy groups -OCH3 is 1. The molecule has 1 aromatic rings. The molecule has 2 aliphatic heterocycles. The molecule has 4 rings (SSSR count). The van der Waals surface area contributed by atoms with Crippen LogP contribution >= 0.6 is 0 Å². The fourth-order valence-electron chi connectivity index (χ4n) is 3.82. The van der Waals surface area contributed by atoms with E-state index in [-0.39, 0.29) is 6.04 Å². The SMILES string of the molecule is COC1=CC2=c3c(cccc3=CN(O)C2)C1N1CCCC1. The van der Waals surface area contributed by atoms with E-state index < -0.39 is 0 Å². The van der Waals surface area contributed by atoms with Crippen molar-refractivity contribution in [2.24, 2.45) is 0 Å². The third-order valence-corrected chi connectivity index (χ3v) is 4.69. The Bertz CT molecular complexity index is 717. The van der Waals surface area contributed by atoms with Gasteiger partial charge in [0.2, 0.25) is 0 Å². The van der Waals surface area contributed by atoms with Crippen molar-refractivity contribution < 1.29 is 9.94 Å². The predicted molar refractivity (Wildman–Crippen MR) is 80.7 cm³/mol. The number of ether oxygens (including phenoxy) is 1. The minimum atomic E-state index is 0.217. The molecule has 4 nitrogen and oxygen atoms in total. The third-order valence-electron chi connectivity index (χ3n) is 4.69. The molecule has 0 amide bonds. The first-order valence-corrected chi connectivity index (χ1v) is 7.57. The summed E-state index contributed by atoms with van der Waals surface area (Å²) in [6, 6.07) is 6.56. The average molecular weight is 284 g/mol. The van der Waals surface area contributed by atoms with Crippen LogP contribution in [0.4, 0.5) is 0 Å². The highest BCUT2D eigenvalue weighted by Crippen LogP contribution is 2.33. The first-order chi connectivity index (χ1) is 10.3. The number of likely N-dealkylation sites (tertiary alicyclic amines) is 1. The lowest BCUT2D eigenvalue weighted by molar-refractivity contribution is -0.00766. The van der Waals surface area contributed by atoms with Crippen LogP contribution in [-0.2, 0) is 4.74 Å². The molecule has 1 fully saturated rings. The van der Waals surface area contributed by atoms with Crippen LogP contribution in [0.1, 0.15) is 24.4 Å². The topological polar surface area (TPSA) is 35.9 Å². The summed E-state index contributed by atoms with van der Waals surface area (Å²) in [6.45, 7) is 2.77. The van der Waals surface area contributed by atoms with E-state index in [1.54, 1.807) is 7.11 Å². The largest absolute Gasteiger partial charge is 0.499 e. The molecule has 2 heterocycles. The maximum atomic E-state index is 9.89. The second kappa shape index (κ2) is 4.90. The number of rotatable bonds is 2. The van der Waals surface area contributed by atoms with E-state index in [0.29, 0.717) is 6.54 Å². The van der Waals surface area contributed by atoms with Gasteiger partial charge in [0.15, 0.2) is 0 Å². The molecule has 0 saturated carbocycles. The summed E-state index contributed by atoms with van der Waals surface area (Å²) >= 11 is 0. The third kappa shape index (κ3) is 1.98. The van der Waals surface area contributed by atoms with Gasteiger partial charge < -0.3 is 4.74 Å². The van der Waals surface area contributed by atoms with Crippen LogP contribution in [0.3, 0.4) is 0 Å². The molecule has 21 heavy (non-hydrogen) atoms. The van der Waals surface area contributed by atoms with Gasteiger partial charge in [-0.15, -0.1) is 0 Å². The van der Waals surface area contributed by atoms with Gasteiger partial charge in [0.1, 0.15) is 5.76 Å². The Morgan fingerprint density at radius 3 is 2.81 bits per heavy atom. The molecule has 1 unspecified atom stereocenters. The Balaban J connectivity index is 1.96. The van der Waals surface area contributed by atoms with Gasteiger partial charge in [-0.1, -0.05) is 18.2 Å². The second-order valence-electron chi connectivity index (χ2n) is 5.96. The molecular formula is C17H20N2O2. The highest BCUT2D eigenvalue weighted by atomic mass is 16.5. The van der Waals surface area contributed by atoms with Gasteiger partial charge in [0.25, 0.3) is 0 Å². The Hall–Kier alpha value is -1.78. The molecule has 1 saturated heterocycles. The van der Waals surface area contributed by atoms with Crippen molar-refractivity contribution in [1.29, 1.82) is 0 Å². The second-order valence-corrected chi connectivity index (χ2v) is 5.96. The molecule has 0 spiro atoms. The van der Waals surface area contributed by atoms with E-state index in [9.17, 15) is 5.21 Å². The van der Waals surface area contributed by atoms with Gasteiger partial charge in [-0.3, -0.25) is 15.2 Å². The zero-order valence-electron chi connectivity index (χ0n) is 12.2. The molecule has 4 heteroatoms. The maximum Gasteiger partial charge on any atom is 0.118 e. The lowest BCUT2D eigenvalue weighted by Gasteiger charge is -2.34. The van der Waals surface area contributed by atoms with Crippen molar-refractivity contribution in [2.45, 2.75) is 18.9 Å². The summed E-state index contributed by atoms with van der Waals surface area (Å²) in [4.78, 5) is 2.51. The van der Waals surface area contributed by atoms with Crippen LogP contribution in [-0.4, -0.2) is 41.9 Å². The molecule has 0 radical (unpaired) electrons. The van der Waals surface area contributed by atoms with Crippen molar-refractivity contribution >= 4 is 11.8 Å². The van der Waals surface area contributed by atoms with E-state index in [1.807, 2.05) is 6.20 Å². The van der Waals surface area contributed by atoms with Crippen molar-refractivity contribution in [3.63, 3.8) is 0 Å². The van der Waals surface area contributed by atoms with E-state index in [2.05, 4.69) is 29.2 Å². The first kappa shape index (κ1) is 12.9. The molecule has 1 atom stereocenters. The molecule has 3 aliphatic rings. The first-order valence-electron chi connectivity index (χ1n) is 7.57. The van der Waals surface area contributed by atoms with E-state index >= 15 is 0 Å². The molecule has 1 aliphatic carbocycles. The van der Waals surface area contributed by atoms with Gasteiger partial charge in [-0.05, 0) is 48.4 Å². The highest BCUT2D eigenvalue weighted by molar-refractivity contribution is 5.66. The number of nitrogens with zero attached hydrogens (tertiary/aromatic N) is 2. The normalized spacial score (nSPS) is 24.5. The smallest absolute Gasteiger partial charge is 0.118 e. The van der Waals surface area contributed by atoms with Gasteiger partial charge in [0.05, 0.1) is 19.7 Å². The summed E-state index contributed by atoms with van der Waals surface area (Å²) < 4.78 is 5.69. The Morgan fingerprint density at radius 2 is 2.05 bits per heavy atom. The quantitative estimate of drug-likeness (QED) is 0.877. The van der Waals surface area contributed by atoms with Crippen LogP contribution in [0, 0.1) is 0 Å². The maximum absolute atomic E-state index is 9.89. The zero-order valence-corrected chi connectivity index (χ0v) is 12.2. The van der Waals surface area contributed by atoms with Crippen molar-refractivity contribution in [2.75, 3.05) is 26.7 Å². The monoisotopic (exact) mass is 284 g/mol. The van der Waals surface area contributed by atoms with Crippen LogP contribution in [0.2, 0.25) is 0 Å². The zero-order chi connectivity index (χ0) is 14.4. The van der Waals surface area contributed by atoms with E-state index in [4.69, 9.17) is 4.74 Å². The molecule has 1 N–H and O–H groups in total. The van der Waals surface area contributed by atoms with Crippen molar-refractivity contribution in [3.8, 4) is 0 Å². The van der Waals surface area contributed by atoms with E-state index in [1.165, 1.54) is 28.7 Å². The minimum Gasteiger partial charge on any atom is -0.499 e. The molecule has 0 bridgehead atoms. The molecule has 0 aromatic heterocycles. The van der Waals surface area contributed by atoms with Gasteiger partial charge in [-0.25, -0.2) is 0 Å². The predicted octanol–water partition coefficient (Wildman–Crippen LogP) is 0.961. The highest BCUT2D eigenvalue weighted by Gasteiger charge is 2.32. The summed E-state index contributed by atoms with van der Waals surface area (Å²) in [5.41, 5.74) is 2.45. The lowest BCUT2D eigenvalue weighted by Crippen LogP contribution is -2.44. The molecule has 110 valence electrons. The van der Waals surface area contributed by atoms with Crippen LogP contribution in [0.15, 0.2) is 30.0 Å². The number of benzene rings is 1. The average Bonchev–Trinajstić information content (AvgIpc) is 3.00.